The molecule has 30 heavy (non-hydrogen) atoms. The molecule has 0 spiro atoms. The number of anilines is 4. The summed E-state index contributed by atoms with van der Waals surface area (Å²) >= 11 is 0. The minimum absolute atomic E-state index is 0.00371. The lowest BCUT2D eigenvalue weighted by molar-refractivity contribution is 0.0994. The van der Waals surface area contributed by atoms with E-state index in [-0.39, 0.29) is 5.91 Å². The van der Waals surface area contributed by atoms with Gasteiger partial charge in [-0.15, -0.1) is 0 Å². The molecule has 1 aliphatic carbocycles. The lowest BCUT2D eigenvalue weighted by Gasteiger charge is -2.26. The Morgan fingerprint density at radius 2 is 1.63 bits per heavy atom. The number of rotatable bonds is 2. The second-order valence-corrected chi connectivity index (χ2v) is 8.74. The van der Waals surface area contributed by atoms with Crippen molar-refractivity contribution in [3.8, 4) is 0 Å². The first kappa shape index (κ1) is 22.0. The average molecular weight is 433 g/mol. The van der Waals surface area contributed by atoms with Gasteiger partial charge in [-0.1, -0.05) is 31.4 Å². The van der Waals surface area contributed by atoms with Crippen LogP contribution in [0.15, 0.2) is 36.5 Å². The van der Waals surface area contributed by atoms with Crippen LogP contribution < -0.4 is 25.4 Å². The minimum atomic E-state index is -3.67. The number of amides is 1. The zero-order valence-electron chi connectivity index (χ0n) is 17.2. The van der Waals surface area contributed by atoms with Gasteiger partial charge in [0, 0.05) is 26.2 Å². The predicted molar refractivity (Wildman–Crippen MR) is 119 cm³/mol. The third kappa shape index (κ3) is 5.26. The Labute approximate surface area is 177 Å². The number of pyridine rings is 1. The topological polar surface area (TPSA) is 135 Å². The predicted octanol–water partition coefficient (Wildman–Crippen LogP) is 2.33. The number of nitrogens with two attached hydrogens (primary N) is 2. The number of carbonyl (C=O) groups excluding carboxylic acids is 1. The van der Waals surface area contributed by atoms with Crippen LogP contribution in [0.25, 0.3) is 0 Å². The molecule has 5 N–H and O–H groups in total. The van der Waals surface area contributed by atoms with Gasteiger partial charge in [0.25, 0.3) is 16.1 Å². The molecule has 162 valence electrons. The molecule has 1 amide bonds. The number of aromatic nitrogens is 1. The second-order valence-electron chi connectivity index (χ2n) is 7.57. The summed E-state index contributed by atoms with van der Waals surface area (Å²) in [4.78, 5) is 21.2. The monoisotopic (exact) mass is 432 g/mol. The van der Waals surface area contributed by atoms with Crippen LogP contribution in [-0.4, -0.2) is 39.4 Å². The van der Waals surface area contributed by atoms with Gasteiger partial charge in [0.05, 0.1) is 28.8 Å². The quantitative estimate of drug-likeness (QED) is 0.667. The molecule has 1 aromatic carbocycles. The zero-order valence-corrected chi connectivity index (χ0v) is 18.0. The maximum Gasteiger partial charge on any atom is 0.271 e. The van der Waals surface area contributed by atoms with Crippen molar-refractivity contribution in [1.29, 1.82) is 0 Å². The van der Waals surface area contributed by atoms with E-state index in [9.17, 15) is 13.2 Å². The van der Waals surface area contributed by atoms with Crippen LogP contribution in [0.5, 0.6) is 0 Å². The van der Waals surface area contributed by atoms with Crippen molar-refractivity contribution in [2.45, 2.75) is 38.1 Å². The fraction of sp³-hybridized carbons (Fsp3) is 0.400. The van der Waals surface area contributed by atoms with Gasteiger partial charge in [0.15, 0.2) is 0 Å². The van der Waals surface area contributed by atoms with Gasteiger partial charge in [-0.25, -0.2) is 15.3 Å². The van der Waals surface area contributed by atoms with Crippen LogP contribution in [-0.2, 0) is 10.2 Å². The number of hydrogen-bond donors (Lipinski definition) is 3. The molecule has 0 saturated heterocycles. The summed E-state index contributed by atoms with van der Waals surface area (Å²) in [5.74, 6) is 0.883. The van der Waals surface area contributed by atoms with Crippen molar-refractivity contribution in [1.82, 2.24) is 4.98 Å². The van der Waals surface area contributed by atoms with Gasteiger partial charge in [-0.3, -0.25) is 4.79 Å². The maximum absolute atomic E-state index is 12.8. The van der Waals surface area contributed by atoms with Gasteiger partial charge >= 0.3 is 0 Å². The Morgan fingerprint density at radius 3 is 2.30 bits per heavy atom. The van der Waals surface area contributed by atoms with E-state index in [0.29, 0.717) is 11.6 Å². The van der Waals surface area contributed by atoms with Crippen LogP contribution in [0, 0.1) is 0 Å². The number of nitrogens with zero attached hydrogens (tertiary/aromatic N) is 3. The lowest BCUT2D eigenvalue weighted by atomic mass is 9.95. The third-order valence-electron chi connectivity index (χ3n) is 5.34. The molecule has 0 bridgehead atoms. The van der Waals surface area contributed by atoms with Crippen molar-refractivity contribution in [3.05, 3.63) is 42.1 Å². The van der Waals surface area contributed by atoms with Crippen LogP contribution in [0.4, 0.5) is 22.9 Å². The van der Waals surface area contributed by atoms with Gasteiger partial charge in [0.2, 0.25) is 0 Å². The van der Waals surface area contributed by atoms with Crippen LogP contribution in [0.1, 0.15) is 42.5 Å². The number of nitrogens with one attached hydrogen (secondary N) is 1. The SMILES string of the molecule is CN1C(=O)c2ccccc2N(C)c2cc(NC3CCCCC3)ncc21.NS(N)(=O)=O. The van der Waals surface area contributed by atoms with E-state index in [4.69, 9.17) is 0 Å². The van der Waals surface area contributed by atoms with Crippen LogP contribution >= 0.6 is 0 Å². The molecule has 4 rings (SSSR count). The fourth-order valence-corrected chi connectivity index (χ4v) is 3.87. The Morgan fingerprint density at radius 1 is 1.00 bits per heavy atom. The second kappa shape index (κ2) is 8.99. The van der Waals surface area contributed by atoms with Gasteiger partial charge < -0.3 is 15.1 Å². The highest BCUT2D eigenvalue weighted by molar-refractivity contribution is 7.86. The molecule has 0 radical (unpaired) electrons. The summed E-state index contributed by atoms with van der Waals surface area (Å²) in [5.41, 5.74) is 3.46. The fourth-order valence-electron chi connectivity index (χ4n) is 3.87. The first-order chi connectivity index (χ1) is 14.1. The smallest absolute Gasteiger partial charge is 0.271 e. The van der Waals surface area contributed by atoms with Crippen molar-refractivity contribution < 1.29 is 13.2 Å². The number of hydrogen-bond acceptors (Lipinski definition) is 6. The molecule has 1 fully saturated rings. The van der Waals surface area contributed by atoms with Crippen molar-refractivity contribution in [2.24, 2.45) is 10.3 Å². The standard InChI is InChI=1S/C20H24N4O.H4N2O2S/c1-23-16-11-7-6-10-15(16)20(25)24(2)18-13-21-19(12-17(18)23)22-14-8-4-3-5-9-14;1-5(2,3)4/h6-7,10-14H,3-5,8-9H2,1-2H3,(H,21,22);(H4,1,2,3,4). The van der Waals surface area contributed by atoms with Gasteiger partial charge in [0.1, 0.15) is 5.82 Å². The van der Waals surface area contributed by atoms with E-state index in [2.05, 4.69) is 31.5 Å². The van der Waals surface area contributed by atoms with Crippen LogP contribution in [0.3, 0.4) is 0 Å². The van der Waals surface area contributed by atoms with E-state index in [1.54, 1.807) is 11.1 Å². The molecule has 0 unspecified atom stereocenters. The molecule has 0 atom stereocenters. The summed E-state index contributed by atoms with van der Waals surface area (Å²) in [5, 5.41) is 11.8. The van der Waals surface area contributed by atoms with Gasteiger partial charge in [-0.05, 0) is 25.0 Å². The molecule has 1 aromatic heterocycles. The molecule has 2 heterocycles. The highest BCUT2D eigenvalue weighted by Gasteiger charge is 2.27. The van der Waals surface area contributed by atoms with E-state index >= 15 is 0 Å². The Bertz CT molecular complexity index is 1010. The summed E-state index contributed by atoms with van der Waals surface area (Å²) < 4.78 is 18.4. The van der Waals surface area contributed by atoms with E-state index < -0.39 is 10.2 Å². The minimum Gasteiger partial charge on any atom is -0.367 e. The summed E-state index contributed by atoms with van der Waals surface area (Å²) in [6.45, 7) is 0. The highest BCUT2D eigenvalue weighted by Crippen LogP contribution is 2.39. The van der Waals surface area contributed by atoms with E-state index in [0.717, 1.165) is 22.9 Å². The van der Waals surface area contributed by atoms with Crippen molar-refractivity contribution >= 4 is 39.0 Å². The Balaban J connectivity index is 0.000000461. The first-order valence-corrected chi connectivity index (χ1v) is 11.4. The summed E-state index contributed by atoms with van der Waals surface area (Å²) in [6, 6.07) is 10.3. The number of benzene rings is 1. The van der Waals surface area contributed by atoms with E-state index in [1.165, 1.54) is 32.1 Å². The highest BCUT2D eigenvalue weighted by atomic mass is 32.2. The molecular formula is C20H28N6O3S. The molecule has 10 heteroatoms. The molecule has 2 aromatic rings. The number of fused-ring (bicyclic) bond motifs is 2. The molecule has 1 aliphatic heterocycles. The van der Waals surface area contributed by atoms with E-state index in [1.807, 2.05) is 38.4 Å². The normalized spacial score (nSPS) is 16.7. The largest absolute Gasteiger partial charge is 0.367 e. The van der Waals surface area contributed by atoms with Crippen molar-refractivity contribution in [2.75, 3.05) is 29.2 Å². The Kier molecular flexibility index (Phi) is 6.59. The maximum atomic E-state index is 12.8. The molecule has 9 nitrogen and oxygen atoms in total. The number of carbonyl (C=O) groups is 1. The number of para-hydroxylation sites is 1. The third-order valence-corrected chi connectivity index (χ3v) is 5.34. The zero-order chi connectivity index (χ0) is 21.9. The van der Waals surface area contributed by atoms with Crippen LogP contribution in [0.2, 0.25) is 0 Å². The molecule has 1 saturated carbocycles. The molecular weight excluding hydrogens is 404 g/mol. The first-order valence-electron chi connectivity index (χ1n) is 9.83. The average Bonchev–Trinajstić information content (AvgIpc) is 2.78. The Hall–Kier alpha value is -2.69. The summed E-state index contributed by atoms with van der Waals surface area (Å²) in [6.07, 6.45) is 8.12. The molecule has 2 aliphatic rings. The lowest BCUT2D eigenvalue weighted by Crippen LogP contribution is -2.26. The van der Waals surface area contributed by atoms with Crippen molar-refractivity contribution in [3.63, 3.8) is 0 Å². The van der Waals surface area contributed by atoms with Gasteiger partial charge in [-0.2, -0.15) is 8.42 Å². The summed E-state index contributed by atoms with van der Waals surface area (Å²) in [7, 11) is 0.154.